The van der Waals surface area contributed by atoms with E-state index in [1.807, 2.05) is 29.1 Å². The van der Waals surface area contributed by atoms with E-state index in [-0.39, 0.29) is 24.0 Å². The highest BCUT2D eigenvalue weighted by Gasteiger charge is 2.39. The van der Waals surface area contributed by atoms with Crippen LogP contribution in [0.5, 0.6) is 0 Å². The van der Waals surface area contributed by atoms with Crippen molar-refractivity contribution < 1.29 is 0 Å². The SMILES string of the molecule is I.NC(=NCC1CCC1)N[C@@H]1C[C@H]1c1cnn(-c2ccccc2)c1. The summed E-state index contributed by atoms with van der Waals surface area (Å²) in [5.74, 6) is 1.85. The van der Waals surface area contributed by atoms with Crippen molar-refractivity contribution in [2.75, 3.05) is 6.54 Å². The average Bonchev–Trinajstić information content (AvgIpc) is 3.10. The number of aromatic nitrogens is 2. The van der Waals surface area contributed by atoms with E-state index in [1.54, 1.807) is 0 Å². The average molecular weight is 437 g/mol. The maximum absolute atomic E-state index is 6.00. The van der Waals surface area contributed by atoms with E-state index in [0.717, 1.165) is 24.6 Å². The van der Waals surface area contributed by atoms with Gasteiger partial charge in [-0.15, -0.1) is 24.0 Å². The molecule has 0 amide bonds. The molecule has 24 heavy (non-hydrogen) atoms. The highest BCUT2D eigenvalue weighted by molar-refractivity contribution is 14.0. The van der Waals surface area contributed by atoms with Crippen LogP contribution in [0.15, 0.2) is 47.7 Å². The standard InChI is InChI=1S/C18H23N5.HI/c19-18(20-10-13-5-4-6-13)22-17-9-16(17)14-11-21-23(12-14)15-7-2-1-3-8-15;/h1-3,7-8,11-13,16-17H,4-6,9-10H2,(H3,19,20,22);1H/t16-,17+;/m0./s1. The van der Waals surface area contributed by atoms with Gasteiger partial charge >= 0.3 is 0 Å². The number of nitrogens with zero attached hydrogens (tertiary/aromatic N) is 3. The second-order valence-electron chi connectivity index (χ2n) is 6.67. The number of guanidine groups is 1. The molecule has 0 bridgehead atoms. The summed E-state index contributed by atoms with van der Waals surface area (Å²) in [6.45, 7) is 0.877. The van der Waals surface area contributed by atoms with Gasteiger partial charge in [0.25, 0.3) is 0 Å². The van der Waals surface area contributed by atoms with E-state index in [9.17, 15) is 0 Å². The van der Waals surface area contributed by atoms with Crippen molar-refractivity contribution in [1.82, 2.24) is 15.1 Å². The lowest BCUT2D eigenvalue weighted by Gasteiger charge is -2.23. The maximum atomic E-state index is 6.00. The van der Waals surface area contributed by atoms with Gasteiger partial charge in [0, 0.05) is 24.7 Å². The Kier molecular flexibility index (Phi) is 5.43. The van der Waals surface area contributed by atoms with Crippen molar-refractivity contribution in [3.8, 4) is 5.69 Å². The molecule has 2 atom stereocenters. The van der Waals surface area contributed by atoms with Crippen molar-refractivity contribution in [2.24, 2.45) is 16.6 Å². The molecule has 2 aliphatic rings. The van der Waals surface area contributed by atoms with E-state index < -0.39 is 0 Å². The summed E-state index contributed by atoms with van der Waals surface area (Å²) in [5.41, 5.74) is 8.35. The molecule has 5 nitrogen and oxygen atoms in total. The van der Waals surface area contributed by atoms with Crippen LogP contribution in [0.3, 0.4) is 0 Å². The molecule has 2 aliphatic carbocycles. The monoisotopic (exact) mass is 437 g/mol. The first-order valence-electron chi connectivity index (χ1n) is 8.46. The third kappa shape index (κ3) is 3.91. The smallest absolute Gasteiger partial charge is 0.188 e. The van der Waals surface area contributed by atoms with Gasteiger partial charge in [0.05, 0.1) is 11.9 Å². The topological polar surface area (TPSA) is 68.2 Å². The van der Waals surface area contributed by atoms with Crippen LogP contribution in [0.4, 0.5) is 0 Å². The Morgan fingerprint density at radius 1 is 1.29 bits per heavy atom. The summed E-state index contributed by atoms with van der Waals surface area (Å²) < 4.78 is 1.93. The summed E-state index contributed by atoms with van der Waals surface area (Å²) in [6.07, 6.45) is 9.14. The van der Waals surface area contributed by atoms with E-state index in [2.05, 4.69) is 33.7 Å². The molecule has 1 heterocycles. The Bertz CT molecular complexity index is 692. The van der Waals surface area contributed by atoms with Gasteiger partial charge in [0.2, 0.25) is 0 Å². The fourth-order valence-corrected chi connectivity index (χ4v) is 3.11. The van der Waals surface area contributed by atoms with E-state index >= 15 is 0 Å². The molecule has 3 N–H and O–H groups in total. The van der Waals surface area contributed by atoms with E-state index in [1.165, 1.54) is 24.8 Å². The second kappa shape index (κ2) is 7.55. The lowest BCUT2D eigenvalue weighted by molar-refractivity contribution is 0.326. The number of halogens is 1. The molecule has 2 fully saturated rings. The van der Waals surface area contributed by atoms with Crippen LogP contribution in [-0.4, -0.2) is 28.3 Å². The minimum Gasteiger partial charge on any atom is -0.370 e. The summed E-state index contributed by atoms with van der Waals surface area (Å²) in [4.78, 5) is 4.47. The van der Waals surface area contributed by atoms with E-state index in [4.69, 9.17) is 5.73 Å². The molecule has 2 saturated carbocycles. The first kappa shape index (κ1) is 17.3. The minimum absolute atomic E-state index is 0. The van der Waals surface area contributed by atoms with Crippen LogP contribution >= 0.6 is 24.0 Å². The molecule has 0 spiro atoms. The number of benzene rings is 1. The molecule has 0 aliphatic heterocycles. The van der Waals surface area contributed by atoms with Crippen LogP contribution in [0.25, 0.3) is 5.69 Å². The molecule has 0 radical (unpaired) electrons. The Labute approximate surface area is 159 Å². The lowest BCUT2D eigenvalue weighted by Crippen LogP contribution is -2.35. The van der Waals surface area contributed by atoms with Gasteiger partial charge < -0.3 is 11.1 Å². The van der Waals surface area contributed by atoms with Crippen LogP contribution < -0.4 is 11.1 Å². The van der Waals surface area contributed by atoms with Crippen LogP contribution in [0.2, 0.25) is 0 Å². The van der Waals surface area contributed by atoms with Crippen molar-refractivity contribution in [2.45, 2.75) is 37.6 Å². The number of rotatable bonds is 5. The first-order chi connectivity index (χ1) is 11.3. The Balaban J connectivity index is 0.00000169. The summed E-state index contributed by atoms with van der Waals surface area (Å²) in [5, 5.41) is 7.81. The number of aliphatic imine (C=N–C) groups is 1. The predicted octanol–water partition coefficient (Wildman–Crippen LogP) is 3.05. The Hall–Kier alpha value is -1.57. The van der Waals surface area contributed by atoms with Crippen molar-refractivity contribution in [3.05, 3.63) is 48.3 Å². The summed E-state index contributed by atoms with van der Waals surface area (Å²) >= 11 is 0. The maximum Gasteiger partial charge on any atom is 0.188 e. The fourth-order valence-electron chi connectivity index (χ4n) is 3.11. The predicted molar refractivity (Wildman–Crippen MR) is 107 cm³/mol. The van der Waals surface area contributed by atoms with Crippen molar-refractivity contribution >= 4 is 29.9 Å². The van der Waals surface area contributed by atoms with E-state index in [0.29, 0.717) is 17.9 Å². The molecule has 6 heteroatoms. The highest BCUT2D eigenvalue weighted by Crippen LogP contribution is 2.40. The van der Waals surface area contributed by atoms with Gasteiger partial charge in [-0.05, 0) is 42.9 Å². The first-order valence-corrected chi connectivity index (χ1v) is 8.46. The molecule has 1 aromatic heterocycles. The Morgan fingerprint density at radius 2 is 2.08 bits per heavy atom. The molecule has 0 unspecified atom stereocenters. The molecule has 128 valence electrons. The summed E-state index contributed by atoms with van der Waals surface area (Å²) in [7, 11) is 0. The zero-order valence-corrected chi connectivity index (χ0v) is 16.0. The fraction of sp³-hybridized carbons (Fsp3) is 0.444. The van der Waals surface area contributed by atoms with Crippen LogP contribution in [-0.2, 0) is 0 Å². The third-order valence-electron chi connectivity index (χ3n) is 4.92. The largest absolute Gasteiger partial charge is 0.370 e. The van der Waals surface area contributed by atoms with Gasteiger partial charge in [0.1, 0.15) is 0 Å². The minimum atomic E-state index is 0. The molecule has 1 aromatic carbocycles. The van der Waals surface area contributed by atoms with Gasteiger partial charge in [-0.2, -0.15) is 5.10 Å². The molecule has 4 rings (SSSR count). The molecule has 0 saturated heterocycles. The number of hydrogen-bond acceptors (Lipinski definition) is 2. The van der Waals surface area contributed by atoms with Crippen LogP contribution in [0.1, 0.15) is 37.2 Å². The number of nitrogens with one attached hydrogen (secondary N) is 1. The van der Waals surface area contributed by atoms with Crippen molar-refractivity contribution in [1.29, 1.82) is 0 Å². The zero-order valence-electron chi connectivity index (χ0n) is 13.6. The number of nitrogens with two attached hydrogens (primary N) is 1. The molecular formula is C18H24IN5. The van der Waals surface area contributed by atoms with Crippen molar-refractivity contribution in [3.63, 3.8) is 0 Å². The molecule has 2 aromatic rings. The zero-order chi connectivity index (χ0) is 15.6. The van der Waals surface area contributed by atoms with Gasteiger partial charge in [-0.25, -0.2) is 4.68 Å². The second-order valence-corrected chi connectivity index (χ2v) is 6.67. The quantitative estimate of drug-likeness (QED) is 0.429. The Morgan fingerprint density at radius 3 is 2.79 bits per heavy atom. The highest BCUT2D eigenvalue weighted by atomic mass is 127. The van der Waals surface area contributed by atoms with Gasteiger partial charge in [0.15, 0.2) is 5.96 Å². The third-order valence-corrected chi connectivity index (χ3v) is 4.92. The molecular weight excluding hydrogens is 413 g/mol. The summed E-state index contributed by atoms with van der Waals surface area (Å²) in [6, 6.07) is 10.6. The van der Waals surface area contributed by atoms with Crippen LogP contribution in [0, 0.1) is 5.92 Å². The number of para-hydroxylation sites is 1. The number of hydrogen-bond donors (Lipinski definition) is 2. The van der Waals surface area contributed by atoms with Gasteiger partial charge in [-0.3, -0.25) is 4.99 Å². The normalized spacial score (nSPS) is 23.2. The van der Waals surface area contributed by atoms with Gasteiger partial charge in [-0.1, -0.05) is 24.6 Å². The lowest BCUT2D eigenvalue weighted by atomic mass is 9.86.